The number of methoxy groups -OCH3 is 1. The monoisotopic (exact) mass is 652 g/mol. The number of esters is 1. The normalized spacial score (nSPS) is 20.4. The fourth-order valence-corrected chi connectivity index (χ4v) is 6.60. The molecule has 1 aliphatic carbocycles. The van der Waals surface area contributed by atoms with Crippen molar-refractivity contribution in [1.82, 2.24) is 19.7 Å². The fourth-order valence-electron chi connectivity index (χ4n) is 5.06. The number of alkyl halides is 3. The molecule has 1 aliphatic rings. The summed E-state index contributed by atoms with van der Waals surface area (Å²) in [6.45, 7) is 0.834. The molecule has 0 radical (unpaired) electrons. The minimum Gasteiger partial charge on any atom is -0.464 e. The Morgan fingerprint density at radius 3 is 2.56 bits per heavy atom. The summed E-state index contributed by atoms with van der Waals surface area (Å²) in [5, 5.41) is 16.8. The van der Waals surface area contributed by atoms with Gasteiger partial charge in [0.25, 0.3) is 0 Å². The van der Waals surface area contributed by atoms with Gasteiger partial charge in [-0.2, -0.15) is 28.6 Å². The van der Waals surface area contributed by atoms with E-state index in [0.717, 1.165) is 5.69 Å². The number of nitrogens with zero attached hydrogens (tertiary/aromatic N) is 4. The van der Waals surface area contributed by atoms with E-state index in [0.29, 0.717) is 17.8 Å². The standard InChI is InChI=1S/C29H36F3N6O6P/c1-20(27(39)42-16-21-8-10-22(11-9-21)29(30,31)32)37-45(40,44-24-6-4-3-5-7-24)43-18-28(17-33,41-2)15-14-23-12-13-25-26(34)35-19-36-38(23)25/h3-7,12-13,19-22H,8-11,14-16,18H2,1-2H3,(H,37,40)(H2,34,35,36)/t20-,21?,22?,28+,45?/m0/s1. The number of hydrogen-bond donors (Lipinski definition) is 2. The number of carbonyl (C=O) groups is 1. The summed E-state index contributed by atoms with van der Waals surface area (Å²) in [5.41, 5.74) is 5.66. The molecular formula is C29H36F3N6O6P. The van der Waals surface area contributed by atoms with E-state index < -0.39 is 44.1 Å². The van der Waals surface area contributed by atoms with Crippen LogP contribution in [0.15, 0.2) is 48.8 Å². The molecule has 3 atom stereocenters. The Kier molecular flexibility index (Phi) is 11.1. The molecule has 12 nitrogen and oxygen atoms in total. The smallest absolute Gasteiger partial charge is 0.459 e. The molecule has 1 fully saturated rings. The van der Waals surface area contributed by atoms with Crippen molar-refractivity contribution < 1.29 is 41.1 Å². The van der Waals surface area contributed by atoms with Crippen molar-refractivity contribution in [1.29, 1.82) is 5.26 Å². The van der Waals surface area contributed by atoms with Crippen LogP contribution in [-0.2, 0) is 29.8 Å². The molecule has 0 spiro atoms. The molecule has 1 aromatic carbocycles. The summed E-state index contributed by atoms with van der Waals surface area (Å²) in [4.78, 5) is 16.8. The molecule has 0 aliphatic heterocycles. The maximum atomic E-state index is 14.0. The lowest BCUT2D eigenvalue weighted by Crippen LogP contribution is -2.39. The van der Waals surface area contributed by atoms with Gasteiger partial charge in [0.15, 0.2) is 11.4 Å². The van der Waals surface area contributed by atoms with E-state index in [1.807, 2.05) is 0 Å². The third-order valence-electron chi connectivity index (χ3n) is 7.85. The first-order valence-electron chi connectivity index (χ1n) is 14.4. The van der Waals surface area contributed by atoms with Gasteiger partial charge in [0.2, 0.25) is 0 Å². The Morgan fingerprint density at radius 1 is 1.20 bits per heavy atom. The summed E-state index contributed by atoms with van der Waals surface area (Å²) in [6, 6.07) is 12.5. The molecule has 2 heterocycles. The maximum Gasteiger partial charge on any atom is 0.459 e. The number of aromatic nitrogens is 3. The first-order chi connectivity index (χ1) is 21.4. The molecule has 0 bridgehead atoms. The predicted molar refractivity (Wildman–Crippen MR) is 157 cm³/mol. The zero-order valence-corrected chi connectivity index (χ0v) is 25.8. The van der Waals surface area contributed by atoms with Crippen LogP contribution in [0.1, 0.15) is 44.7 Å². The van der Waals surface area contributed by atoms with Gasteiger partial charge in [0.1, 0.15) is 36.3 Å². The van der Waals surface area contributed by atoms with Crippen LogP contribution >= 0.6 is 7.75 Å². The van der Waals surface area contributed by atoms with Crippen molar-refractivity contribution in [3.8, 4) is 11.8 Å². The molecule has 1 unspecified atom stereocenters. The van der Waals surface area contributed by atoms with Crippen molar-refractivity contribution in [3.05, 3.63) is 54.5 Å². The molecule has 1 saturated carbocycles. The molecule has 244 valence electrons. The van der Waals surface area contributed by atoms with E-state index in [2.05, 4.69) is 21.2 Å². The molecule has 2 aromatic heterocycles. The number of carbonyl (C=O) groups excluding carboxylic acids is 1. The highest BCUT2D eigenvalue weighted by Gasteiger charge is 2.42. The van der Waals surface area contributed by atoms with Gasteiger partial charge in [-0.1, -0.05) is 18.2 Å². The Hall–Kier alpha value is -3.70. The Balaban J connectivity index is 1.40. The number of nitrogen functional groups attached to an aromatic ring is 1. The second kappa shape index (κ2) is 14.6. The van der Waals surface area contributed by atoms with E-state index in [9.17, 15) is 27.8 Å². The van der Waals surface area contributed by atoms with Crippen LogP contribution in [0.4, 0.5) is 19.0 Å². The van der Waals surface area contributed by atoms with Gasteiger partial charge in [-0.25, -0.2) is 14.1 Å². The second-order valence-corrected chi connectivity index (χ2v) is 12.7. The third kappa shape index (κ3) is 8.94. The highest BCUT2D eigenvalue weighted by atomic mass is 31.2. The van der Waals surface area contributed by atoms with Gasteiger partial charge in [0.05, 0.1) is 12.5 Å². The van der Waals surface area contributed by atoms with E-state index in [-0.39, 0.29) is 50.4 Å². The van der Waals surface area contributed by atoms with Crippen LogP contribution in [0.2, 0.25) is 0 Å². The number of fused-ring (bicyclic) bond motifs is 1. The number of benzene rings is 1. The van der Waals surface area contributed by atoms with Gasteiger partial charge in [-0.15, -0.1) is 0 Å². The molecule has 0 saturated heterocycles. The van der Waals surface area contributed by atoms with E-state index in [1.54, 1.807) is 34.8 Å². The Bertz CT molecular complexity index is 1530. The highest BCUT2D eigenvalue weighted by Crippen LogP contribution is 2.46. The lowest BCUT2D eigenvalue weighted by molar-refractivity contribution is -0.185. The summed E-state index contributed by atoms with van der Waals surface area (Å²) in [5.74, 6) is -1.86. The van der Waals surface area contributed by atoms with Crippen molar-refractivity contribution in [2.24, 2.45) is 11.8 Å². The number of nitrogens with two attached hydrogens (primary N) is 1. The van der Waals surface area contributed by atoms with Crippen molar-refractivity contribution >= 4 is 25.1 Å². The molecule has 45 heavy (non-hydrogen) atoms. The number of halogens is 3. The first kappa shape index (κ1) is 34.2. The van der Waals surface area contributed by atoms with Crippen molar-refractivity contribution in [2.75, 3.05) is 26.1 Å². The Morgan fingerprint density at radius 2 is 1.91 bits per heavy atom. The number of nitriles is 1. The van der Waals surface area contributed by atoms with Crippen LogP contribution in [0, 0.1) is 23.2 Å². The van der Waals surface area contributed by atoms with Crippen LogP contribution in [0.25, 0.3) is 5.52 Å². The second-order valence-electron chi connectivity index (χ2n) is 11.0. The third-order valence-corrected chi connectivity index (χ3v) is 9.48. The van der Waals surface area contributed by atoms with Crippen molar-refractivity contribution in [2.45, 2.75) is 63.3 Å². The summed E-state index contributed by atoms with van der Waals surface area (Å²) < 4.78 is 76.8. The average Bonchev–Trinajstić information content (AvgIpc) is 3.45. The fraction of sp³-hybridized carbons (Fsp3) is 0.517. The van der Waals surface area contributed by atoms with E-state index >= 15 is 0 Å². The average molecular weight is 653 g/mol. The molecule has 3 aromatic rings. The molecule has 3 N–H and O–H groups in total. The minimum absolute atomic E-state index is 0.0177. The van der Waals surface area contributed by atoms with E-state index in [4.69, 9.17) is 24.3 Å². The molecule has 0 amide bonds. The Labute approximate surface area is 258 Å². The molecule has 4 rings (SSSR count). The quantitative estimate of drug-likeness (QED) is 0.173. The zero-order chi connectivity index (χ0) is 32.7. The lowest BCUT2D eigenvalue weighted by atomic mass is 9.82. The SMILES string of the molecule is CO[C@@](C#N)(CCc1ccc2c(N)ncnn12)COP(=O)(N[C@@H](C)C(=O)OCC1CCC(C(F)(F)F)CC1)Oc1ccccc1. The number of rotatable bonds is 14. The van der Waals surface area contributed by atoms with Crippen LogP contribution in [0.5, 0.6) is 5.75 Å². The number of para-hydroxylation sites is 1. The number of aryl methyl sites for hydroxylation is 1. The number of hydrogen-bond acceptors (Lipinski definition) is 10. The van der Waals surface area contributed by atoms with E-state index in [1.165, 1.54) is 32.5 Å². The highest BCUT2D eigenvalue weighted by molar-refractivity contribution is 7.52. The molecular weight excluding hydrogens is 616 g/mol. The van der Waals surface area contributed by atoms with Gasteiger partial charge >= 0.3 is 19.9 Å². The van der Waals surface area contributed by atoms with Crippen LogP contribution in [0.3, 0.4) is 0 Å². The summed E-state index contributed by atoms with van der Waals surface area (Å²) >= 11 is 0. The maximum absolute atomic E-state index is 14.0. The number of nitrogens with one attached hydrogen (secondary N) is 1. The van der Waals surface area contributed by atoms with Gasteiger partial charge < -0.3 is 19.7 Å². The topological polar surface area (TPSA) is 163 Å². The molecule has 16 heteroatoms. The van der Waals surface area contributed by atoms with Crippen LogP contribution in [-0.4, -0.2) is 58.7 Å². The number of anilines is 1. The first-order valence-corrected chi connectivity index (χ1v) is 15.9. The zero-order valence-electron chi connectivity index (χ0n) is 24.9. The van der Waals surface area contributed by atoms with Gasteiger partial charge in [-0.05, 0) is 75.6 Å². The lowest BCUT2D eigenvalue weighted by Gasteiger charge is -2.30. The van der Waals surface area contributed by atoms with Gasteiger partial charge in [-0.3, -0.25) is 9.32 Å². The predicted octanol–water partition coefficient (Wildman–Crippen LogP) is 5.25. The summed E-state index contributed by atoms with van der Waals surface area (Å²) in [6.07, 6.45) is -1.97. The van der Waals surface area contributed by atoms with Gasteiger partial charge in [0, 0.05) is 12.8 Å². The summed E-state index contributed by atoms with van der Waals surface area (Å²) in [7, 11) is -3.01. The minimum atomic E-state index is -4.34. The van der Waals surface area contributed by atoms with Crippen molar-refractivity contribution in [3.63, 3.8) is 0 Å². The largest absolute Gasteiger partial charge is 0.464 e. The van der Waals surface area contributed by atoms with Crippen LogP contribution < -0.4 is 15.3 Å². The number of ether oxygens (including phenoxy) is 2.